The average molecular weight is 299 g/mol. The molecular formula is C20H29NO. The van der Waals surface area contributed by atoms with Crippen LogP contribution >= 0.6 is 0 Å². The molecule has 2 nitrogen and oxygen atoms in total. The van der Waals surface area contributed by atoms with Crippen molar-refractivity contribution in [1.82, 2.24) is 5.32 Å². The fraction of sp³-hybridized carbons (Fsp3) is 0.500. The zero-order chi connectivity index (χ0) is 15.6. The van der Waals surface area contributed by atoms with Crippen LogP contribution in [0.2, 0.25) is 0 Å². The Morgan fingerprint density at radius 3 is 2.82 bits per heavy atom. The van der Waals surface area contributed by atoms with Gasteiger partial charge in [-0.1, -0.05) is 49.4 Å². The summed E-state index contributed by atoms with van der Waals surface area (Å²) in [6.07, 6.45) is 11.6. The molecule has 1 N–H and O–H groups in total. The summed E-state index contributed by atoms with van der Waals surface area (Å²) in [5.41, 5.74) is 4.05. The topological polar surface area (TPSA) is 21.3 Å². The molecule has 120 valence electrons. The van der Waals surface area contributed by atoms with Gasteiger partial charge in [-0.15, -0.1) is 0 Å². The Hall–Kier alpha value is -1.38. The van der Waals surface area contributed by atoms with Gasteiger partial charge in [0.25, 0.3) is 0 Å². The van der Waals surface area contributed by atoms with Crippen molar-refractivity contribution in [1.29, 1.82) is 0 Å². The van der Waals surface area contributed by atoms with E-state index in [9.17, 15) is 0 Å². The lowest BCUT2D eigenvalue weighted by molar-refractivity contribution is 0.192. The highest BCUT2D eigenvalue weighted by Gasteiger charge is 2.19. The molecule has 0 amide bonds. The van der Waals surface area contributed by atoms with Gasteiger partial charge >= 0.3 is 0 Å². The number of benzene rings is 1. The molecule has 0 aliphatic heterocycles. The van der Waals surface area contributed by atoms with Crippen LogP contribution in [0.25, 0.3) is 6.08 Å². The van der Waals surface area contributed by atoms with Crippen LogP contribution < -0.4 is 5.32 Å². The second-order valence-corrected chi connectivity index (χ2v) is 6.08. The monoisotopic (exact) mass is 299 g/mol. The molecule has 1 fully saturated rings. The summed E-state index contributed by atoms with van der Waals surface area (Å²) in [6, 6.07) is 9.45. The Morgan fingerprint density at radius 2 is 2.09 bits per heavy atom. The maximum Gasteiger partial charge on any atom is 0.0462 e. The number of hydrogen-bond donors (Lipinski definition) is 1. The van der Waals surface area contributed by atoms with E-state index in [1.165, 1.54) is 42.4 Å². The van der Waals surface area contributed by atoms with Gasteiger partial charge in [0.2, 0.25) is 0 Å². The first-order valence-corrected chi connectivity index (χ1v) is 8.46. The first-order valence-electron chi connectivity index (χ1n) is 8.46. The van der Waals surface area contributed by atoms with E-state index in [0.717, 1.165) is 32.0 Å². The van der Waals surface area contributed by atoms with E-state index in [0.29, 0.717) is 0 Å². The lowest BCUT2D eigenvalue weighted by atomic mass is 9.99. The summed E-state index contributed by atoms with van der Waals surface area (Å²) in [7, 11) is 1.77. The van der Waals surface area contributed by atoms with Crippen molar-refractivity contribution in [3.05, 3.63) is 53.6 Å². The Balaban J connectivity index is 1.91. The molecule has 1 aliphatic rings. The summed E-state index contributed by atoms with van der Waals surface area (Å²) >= 11 is 0. The van der Waals surface area contributed by atoms with Crippen molar-refractivity contribution in [3.8, 4) is 0 Å². The molecule has 0 saturated heterocycles. The summed E-state index contributed by atoms with van der Waals surface area (Å²) in [4.78, 5) is 0. The van der Waals surface area contributed by atoms with Gasteiger partial charge < -0.3 is 10.1 Å². The van der Waals surface area contributed by atoms with E-state index < -0.39 is 0 Å². The van der Waals surface area contributed by atoms with Crippen molar-refractivity contribution < 1.29 is 4.74 Å². The number of hydrogen-bond acceptors (Lipinski definition) is 2. The molecule has 0 radical (unpaired) electrons. The van der Waals surface area contributed by atoms with E-state index in [1.807, 2.05) is 6.08 Å². The van der Waals surface area contributed by atoms with Crippen LogP contribution in [0, 0.1) is 0 Å². The molecule has 2 rings (SSSR count). The van der Waals surface area contributed by atoms with Crippen LogP contribution in [0.4, 0.5) is 0 Å². The summed E-state index contributed by atoms with van der Waals surface area (Å²) in [6.45, 7) is 5.76. The minimum absolute atomic E-state index is 0.736. The van der Waals surface area contributed by atoms with Crippen LogP contribution in [-0.4, -0.2) is 26.3 Å². The van der Waals surface area contributed by atoms with Crippen molar-refractivity contribution in [2.75, 3.05) is 20.3 Å². The Bertz CT molecular complexity index is 488. The van der Waals surface area contributed by atoms with Crippen LogP contribution in [0.1, 0.15) is 43.2 Å². The maximum absolute atomic E-state index is 5.11. The number of ether oxygens (including phenoxy) is 1. The molecule has 1 aromatic rings. The third-order valence-corrected chi connectivity index (χ3v) is 4.12. The molecule has 0 heterocycles. The molecule has 0 spiro atoms. The van der Waals surface area contributed by atoms with E-state index >= 15 is 0 Å². The molecule has 22 heavy (non-hydrogen) atoms. The Kier molecular flexibility index (Phi) is 7.41. The van der Waals surface area contributed by atoms with Crippen LogP contribution in [-0.2, 0) is 11.2 Å². The molecule has 1 aromatic carbocycles. The van der Waals surface area contributed by atoms with Crippen molar-refractivity contribution >= 4 is 6.08 Å². The first kappa shape index (κ1) is 17.0. The van der Waals surface area contributed by atoms with Gasteiger partial charge in [-0.25, -0.2) is 0 Å². The fourth-order valence-corrected chi connectivity index (χ4v) is 2.57. The number of methoxy groups -OCH3 is 1. The molecule has 0 aromatic heterocycles. The molecule has 0 atom stereocenters. The lowest BCUT2D eigenvalue weighted by Gasteiger charge is -2.09. The second-order valence-electron chi connectivity index (χ2n) is 6.08. The van der Waals surface area contributed by atoms with Crippen LogP contribution in [0.15, 0.2) is 42.5 Å². The zero-order valence-corrected chi connectivity index (χ0v) is 13.8. The molecule has 2 heteroatoms. The standard InChI is InChI=1S/C20H29NO/c1-3-17(16-21-20-12-13-20)15-19-11-7-6-10-18(19)9-5-4-8-14-22-2/h3,6-7,10-11,15,20-21H,1,4-5,8-9,12-14,16H2,2H3/b17-15+. The van der Waals surface area contributed by atoms with E-state index in [4.69, 9.17) is 4.74 Å². The first-order chi connectivity index (χ1) is 10.8. The molecule has 1 saturated carbocycles. The summed E-state index contributed by atoms with van der Waals surface area (Å²) < 4.78 is 5.11. The third kappa shape index (κ3) is 6.17. The summed E-state index contributed by atoms with van der Waals surface area (Å²) in [5, 5.41) is 3.56. The van der Waals surface area contributed by atoms with Crippen molar-refractivity contribution in [3.63, 3.8) is 0 Å². The van der Waals surface area contributed by atoms with Crippen molar-refractivity contribution in [2.45, 2.75) is 44.6 Å². The second kappa shape index (κ2) is 9.60. The fourth-order valence-electron chi connectivity index (χ4n) is 2.57. The SMILES string of the molecule is C=C/C(=C\c1ccccc1CCCCCOC)CNC1CC1. The molecule has 1 aliphatic carbocycles. The predicted octanol–water partition coefficient (Wildman–Crippen LogP) is 4.37. The normalized spacial score (nSPS) is 15.0. The Labute approximate surface area is 135 Å². The van der Waals surface area contributed by atoms with Crippen molar-refractivity contribution in [2.24, 2.45) is 0 Å². The van der Waals surface area contributed by atoms with E-state index in [1.54, 1.807) is 7.11 Å². The zero-order valence-electron chi connectivity index (χ0n) is 13.8. The quantitative estimate of drug-likeness (QED) is 0.484. The number of unbranched alkanes of at least 4 members (excludes halogenated alkanes) is 2. The highest BCUT2D eigenvalue weighted by atomic mass is 16.5. The summed E-state index contributed by atoms with van der Waals surface area (Å²) in [5.74, 6) is 0. The average Bonchev–Trinajstić information content (AvgIpc) is 3.36. The van der Waals surface area contributed by atoms with E-state index in [2.05, 4.69) is 42.2 Å². The molecule has 0 unspecified atom stereocenters. The van der Waals surface area contributed by atoms with Gasteiger partial charge in [0.05, 0.1) is 0 Å². The van der Waals surface area contributed by atoms with Gasteiger partial charge in [0, 0.05) is 26.3 Å². The largest absolute Gasteiger partial charge is 0.385 e. The smallest absolute Gasteiger partial charge is 0.0462 e. The predicted molar refractivity (Wildman–Crippen MR) is 95.1 cm³/mol. The van der Waals surface area contributed by atoms with Crippen LogP contribution in [0.5, 0.6) is 0 Å². The van der Waals surface area contributed by atoms with Gasteiger partial charge in [0.15, 0.2) is 0 Å². The van der Waals surface area contributed by atoms with Gasteiger partial charge in [0.1, 0.15) is 0 Å². The minimum atomic E-state index is 0.736. The van der Waals surface area contributed by atoms with Gasteiger partial charge in [-0.3, -0.25) is 0 Å². The van der Waals surface area contributed by atoms with E-state index in [-0.39, 0.29) is 0 Å². The lowest BCUT2D eigenvalue weighted by Crippen LogP contribution is -2.18. The Morgan fingerprint density at radius 1 is 1.27 bits per heavy atom. The third-order valence-electron chi connectivity index (χ3n) is 4.12. The number of aryl methyl sites for hydroxylation is 1. The molecular weight excluding hydrogens is 270 g/mol. The number of rotatable bonds is 11. The highest BCUT2D eigenvalue weighted by Crippen LogP contribution is 2.20. The van der Waals surface area contributed by atoms with Gasteiger partial charge in [-0.2, -0.15) is 0 Å². The van der Waals surface area contributed by atoms with Gasteiger partial charge in [-0.05, 0) is 48.8 Å². The highest BCUT2D eigenvalue weighted by molar-refractivity contribution is 5.59. The number of nitrogens with one attached hydrogen (secondary N) is 1. The van der Waals surface area contributed by atoms with Crippen LogP contribution in [0.3, 0.4) is 0 Å². The minimum Gasteiger partial charge on any atom is -0.385 e. The maximum atomic E-state index is 5.11. The molecule has 0 bridgehead atoms.